The van der Waals surface area contributed by atoms with Crippen molar-refractivity contribution in [2.45, 2.75) is 32.5 Å². The van der Waals surface area contributed by atoms with E-state index >= 15 is 0 Å². The molecule has 0 aromatic carbocycles. The van der Waals surface area contributed by atoms with Crippen molar-refractivity contribution in [1.82, 2.24) is 20.3 Å². The second-order valence-electron chi connectivity index (χ2n) is 3.79. The predicted octanol–water partition coefficient (Wildman–Crippen LogP) is -1.21. The van der Waals surface area contributed by atoms with E-state index in [-0.39, 0.29) is 12.6 Å². The third kappa shape index (κ3) is 3.28. The minimum Gasteiger partial charge on any atom is -0.394 e. The van der Waals surface area contributed by atoms with Gasteiger partial charge >= 0.3 is 0 Å². The molecule has 0 aliphatic carbocycles. The normalized spacial score (nSPS) is 13.0. The Labute approximate surface area is 93.6 Å². The number of nitrogens with zero attached hydrogens (tertiary/aromatic N) is 3. The molecule has 0 spiro atoms. The highest BCUT2D eigenvalue weighted by Gasteiger charge is 2.21. The van der Waals surface area contributed by atoms with E-state index in [1.165, 1.54) is 4.68 Å². The van der Waals surface area contributed by atoms with E-state index in [1.54, 1.807) is 6.20 Å². The standard InChI is InChI=1S/C9H17N5O2/c1-6(2)11-8(9(10)16)7-5-14(3-4-15)13-12-7/h5-6,8,11,15H,3-4H2,1-2H3,(H2,10,16). The number of aromatic nitrogens is 3. The number of nitrogens with one attached hydrogen (secondary N) is 1. The molecule has 90 valence electrons. The summed E-state index contributed by atoms with van der Waals surface area (Å²) in [4.78, 5) is 11.2. The molecule has 0 aliphatic heterocycles. The van der Waals surface area contributed by atoms with Crippen LogP contribution in [0.2, 0.25) is 0 Å². The number of amides is 1. The van der Waals surface area contributed by atoms with Crippen LogP contribution in [-0.2, 0) is 11.3 Å². The molecular formula is C9H17N5O2. The number of carbonyl (C=O) groups is 1. The van der Waals surface area contributed by atoms with Crippen molar-refractivity contribution in [3.8, 4) is 0 Å². The van der Waals surface area contributed by atoms with Gasteiger partial charge in [-0.2, -0.15) is 0 Å². The van der Waals surface area contributed by atoms with Crippen LogP contribution in [0.3, 0.4) is 0 Å². The topological polar surface area (TPSA) is 106 Å². The first-order valence-electron chi connectivity index (χ1n) is 5.11. The van der Waals surface area contributed by atoms with Gasteiger partial charge in [0, 0.05) is 6.04 Å². The molecule has 4 N–H and O–H groups in total. The lowest BCUT2D eigenvalue weighted by atomic mass is 10.2. The Hall–Kier alpha value is -1.47. The minimum absolute atomic E-state index is 0.0261. The second kappa shape index (κ2) is 5.57. The Morgan fingerprint density at radius 2 is 2.38 bits per heavy atom. The summed E-state index contributed by atoms with van der Waals surface area (Å²) in [5, 5.41) is 19.3. The number of rotatable bonds is 6. The fraction of sp³-hybridized carbons (Fsp3) is 0.667. The number of carbonyl (C=O) groups excluding carboxylic acids is 1. The molecule has 1 rings (SSSR count). The van der Waals surface area contributed by atoms with E-state index in [1.807, 2.05) is 13.8 Å². The fourth-order valence-electron chi connectivity index (χ4n) is 1.30. The number of aliphatic hydroxyl groups is 1. The molecule has 0 aliphatic rings. The largest absolute Gasteiger partial charge is 0.394 e. The first-order valence-corrected chi connectivity index (χ1v) is 5.11. The molecule has 1 heterocycles. The molecule has 0 radical (unpaired) electrons. The summed E-state index contributed by atoms with van der Waals surface area (Å²) in [7, 11) is 0. The molecule has 0 bridgehead atoms. The third-order valence-electron chi connectivity index (χ3n) is 1.97. The van der Waals surface area contributed by atoms with Gasteiger partial charge in [-0.05, 0) is 13.8 Å². The number of hydrogen-bond donors (Lipinski definition) is 3. The maximum atomic E-state index is 11.2. The van der Waals surface area contributed by atoms with Crippen LogP contribution in [-0.4, -0.2) is 38.7 Å². The summed E-state index contributed by atoms with van der Waals surface area (Å²) in [6.45, 7) is 4.14. The van der Waals surface area contributed by atoms with E-state index in [0.717, 1.165) is 0 Å². The molecule has 1 aromatic heterocycles. The highest BCUT2D eigenvalue weighted by molar-refractivity contribution is 5.80. The average molecular weight is 227 g/mol. The maximum Gasteiger partial charge on any atom is 0.240 e. The Kier molecular flexibility index (Phi) is 4.39. The zero-order chi connectivity index (χ0) is 12.1. The van der Waals surface area contributed by atoms with Crippen molar-refractivity contribution in [1.29, 1.82) is 0 Å². The monoisotopic (exact) mass is 227 g/mol. The van der Waals surface area contributed by atoms with Crippen LogP contribution in [0.25, 0.3) is 0 Å². The number of hydrogen-bond acceptors (Lipinski definition) is 5. The number of primary amides is 1. The molecule has 1 amide bonds. The van der Waals surface area contributed by atoms with Gasteiger partial charge in [-0.1, -0.05) is 5.21 Å². The second-order valence-corrected chi connectivity index (χ2v) is 3.79. The number of nitrogens with two attached hydrogens (primary N) is 1. The van der Waals surface area contributed by atoms with Gasteiger partial charge in [-0.25, -0.2) is 4.68 Å². The minimum atomic E-state index is -0.646. The van der Waals surface area contributed by atoms with E-state index in [4.69, 9.17) is 10.8 Å². The summed E-state index contributed by atoms with van der Waals surface area (Å²) in [5.41, 5.74) is 5.74. The van der Waals surface area contributed by atoms with E-state index < -0.39 is 11.9 Å². The van der Waals surface area contributed by atoms with Crippen LogP contribution in [0.15, 0.2) is 6.20 Å². The molecule has 0 fully saturated rings. The van der Waals surface area contributed by atoms with Crippen molar-refractivity contribution in [2.75, 3.05) is 6.61 Å². The SMILES string of the molecule is CC(C)NC(C(N)=O)c1cn(CCO)nn1. The van der Waals surface area contributed by atoms with Crippen molar-refractivity contribution in [3.63, 3.8) is 0 Å². The quantitative estimate of drug-likeness (QED) is 0.565. The van der Waals surface area contributed by atoms with Crippen molar-refractivity contribution in [2.24, 2.45) is 5.73 Å². The van der Waals surface area contributed by atoms with Crippen molar-refractivity contribution >= 4 is 5.91 Å². The van der Waals surface area contributed by atoms with Crippen molar-refractivity contribution < 1.29 is 9.90 Å². The lowest BCUT2D eigenvalue weighted by Gasteiger charge is -2.15. The van der Waals surface area contributed by atoms with E-state index in [2.05, 4.69) is 15.6 Å². The van der Waals surface area contributed by atoms with Crippen LogP contribution in [0.5, 0.6) is 0 Å². The first-order chi connectivity index (χ1) is 7.54. The van der Waals surface area contributed by atoms with Gasteiger partial charge in [0.05, 0.1) is 19.3 Å². The van der Waals surface area contributed by atoms with Crippen LogP contribution in [0.1, 0.15) is 25.6 Å². The zero-order valence-corrected chi connectivity index (χ0v) is 9.42. The van der Waals surface area contributed by atoms with Gasteiger partial charge in [0.15, 0.2) is 0 Å². The van der Waals surface area contributed by atoms with Crippen LogP contribution in [0.4, 0.5) is 0 Å². The fourth-order valence-corrected chi connectivity index (χ4v) is 1.30. The first kappa shape index (κ1) is 12.6. The summed E-state index contributed by atoms with van der Waals surface area (Å²) in [6, 6.07) is -0.534. The molecular weight excluding hydrogens is 210 g/mol. The van der Waals surface area contributed by atoms with Gasteiger partial charge < -0.3 is 10.8 Å². The van der Waals surface area contributed by atoms with Crippen molar-refractivity contribution in [3.05, 3.63) is 11.9 Å². The van der Waals surface area contributed by atoms with Gasteiger partial charge in [-0.3, -0.25) is 10.1 Å². The van der Waals surface area contributed by atoms with E-state index in [9.17, 15) is 4.79 Å². The Bertz CT molecular complexity index is 349. The summed E-state index contributed by atoms with van der Waals surface area (Å²) < 4.78 is 1.47. The highest BCUT2D eigenvalue weighted by atomic mass is 16.3. The molecule has 7 heteroatoms. The summed E-state index contributed by atoms with van der Waals surface area (Å²) in [6.07, 6.45) is 1.60. The Balaban J connectivity index is 2.80. The summed E-state index contributed by atoms with van der Waals surface area (Å²) >= 11 is 0. The van der Waals surface area contributed by atoms with Crippen LogP contribution >= 0.6 is 0 Å². The Morgan fingerprint density at radius 3 is 2.88 bits per heavy atom. The van der Waals surface area contributed by atoms with Crippen LogP contribution < -0.4 is 11.1 Å². The molecule has 0 saturated heterocycles. The van der Waals surface area contributed by atoms with Crippen LogP contribution in [0, 0.1) is 0 Å². The lowest BCUT2D eigenvalue weighted by Crippen LogP contribution is -2.37. The number of aliphatic hydroxyl groups excluding tert-OH is 1. The van der Waals surface area contributed by atoms with Gasteiger partial charge in [0.1, 0.15) is 11.7 Å². The maximum absolute atomic E-state index is 11.2. The smallest absolute Gasteiger partial charge is 0.240 e. The predicted molar refractivity (Wildman–Crippen MR) is 57.3 cm³/mol. The molecule has 1 aromatic rings. The molecule has 1 atom stereocenters. The summed E-state index contributed by atoms with van der Waals surface area (Å²) in [5.74, 6) is -0.496. The molecule has 7 nitrogen and oxygen atoms in total. The lowest BCUT2D eigenvalue weighted by molar-refractivity contribution is -0.120. The van der Waals surface area contributed by atoms with Gasteiger partial charge in [0.25, 0.3) is 0 Å². The van der Waals surface area contributed by atoms with Gasteiger partial charge in [0.2, 0.25) is 5.91 Å². The molecule has 0 saturated carbocycles. The third-order valence-corrected chi connectivity index (χ3v) is 1.97. The Morgan fingerprint density at radius 1 is 1.69 bits per heavy atom. The zero-order valence-electron chi connectivity index (χ0n) is 9.42. The highest BCUT2D eigenvalue weighted by Crippen LogP contribution is 2.09. The average Bonchev–Trinajstić information content (AvgIpc) is 2.62. The molecule has 16 heavy (non-hydrogen) atoms. The molecule has 1 unspecified atom stereocenters. The van der Waals surface area contributed by atoms with Gasteiger partial charge in [-0.15, -0.1) is 5.10 Å². The van der Waals surface area contributed by atoms with E-state index in [0.29, 0.717) is 12.2 Å².